The van der Waals surface area contributed by atoms with Crippen molar-refractivity contribution in [2.24, 2.45) is 0 Å². The Morgan fingerprint density at radius 2 is 0.868 bits per heavy atom. The monoisotopic (exact) mass is 676 g/mol. The summed E-state index contributed by atoms with van der Waals surface area (Å²) in [6, 6.07) is 68.2. The van der Waals surface area contributed by atoms with E-state index in [1.54, 1.807) is 0 Å². The molecule has 53 heavy (non-hydrogen) atoms. The normalized spacial score (nSPS) is 11.4. The summed E-state index contributed by atoms with van der Waals surface area (Å²) < 4.78 is 2.39. The van der Waals surface area contributed by atoms with Crippen LogP contribution in [0, 0.1) is 0 Å². The van der Waals surface area contributed by atoms with Crippen molar-refractivity contribution in [2.45, 2.75) is 0 Å². The van der Waals surface area contributed by atoms with E-state index in [0.29, 0.717) is 17.5 Å². The van der Waals surface area contributed by atoms with Gasteiger partial charge in [-0.3, -0.25) is 0 Å². The minimum absolute atomic E-state index is 0.642. The quantitative estimate of drug-likeness (QED) is 0.176. The molecule has 0 aliphatic carbocycles. The highest BCUT2D eigenvalue weighted by Crippen LogP contribution is 2.39. The first-order valence-corrected chi connectivity index (χ1v) is 17.9. The Bertz CT molecular complexity index is 2870. The van der Waals surface area contributed by atoms with Gasteiger partial charge in [-0.15, -0.1) is 0 Å². The molecule has 8 aromatic carbocycles. The molecule has 0 saturated carbocycles. The van der Waals surface area contributed by atoms with Gasteiger partial charge in [0.15, 0.2) is 17.5 Å². The van der Waals surface area contributed by atoms with Crippen LogP contribution in [0.2, 0.25) is 0 Å². The van der Waals surface area contributed by atoms with Crippen molar-refractivity contribution in [3.8, 4) is 62.1 Å². The van der Waals surface area contributed by atoms with Gasteiger partial charge in [0.25, 0.3) is 0 Å². The zero-order valence-corrected chi connectivity index (χ0v) is 28.8. The Morgan fingerprint density at radius 1 is 0.321 bits per heavy atom. The molecular formula is C49H32N4. The molecule has 4 heteroatoms. The molecule has 10 rings (SSSR count). The molecule has 4 nitrogen and oxygen atoms in total. The van der Waals surface area contributed by atoms with E-state index < -0.39 is 0 Å². The molecule has 10 aromatic rings. The summed E-state index contributed by atoms with van der Waals surface area (Å²) in [5.41, 5.74) is 11.0. The van der Waals surface area contributed by atoms with Crippen molar-refractivity contribution in [3.05, 3.63) is 194 Å². The number of fused-ring (bicyclic) bond motifs is 4. The first-order valence-electron chi connectivity index (χ1n) is 17.9. The van der Waals surface area contributed by atoms with E-state index in [4.69, 9.17) is 15.0 Å². The van der Waals surface area contributed by atoms with Gasteiger partial charge in [-0.2, -0.15) is 0 Å². The molecule has 248 valence electrons. The van der Waals surface area contributed by atoms with Crippen molar-refractivity contribution < 1.29 is 0 Å². The largest absolute Gasteiger partial charge is 0.309 e. The zero-order chi connectivity index (χ0) is 35.1. The van der Waals surface area contributed by atoms with Gasteiger partial charge in [0.2, 0.25) is 0 Å². The molecule has 0 fully saturated rings. The van der Waals surface area contributed by atoms with Gasteiger partial charge in [0, 0.05) is 38.5 Å². The van der Waals surface area contributed by atoms with E-state index in [9.17, 15) is 0 Å². The third-order valence-corrected chi connectivity index (χ3v) is 10.0. The van der Waals surface area contributed by atoms with Crippen LogP contribution in [0.3, 0.4) is 0 Å². The Hall–Kier alpha value is -7.17. The standard InChI is InChI=1S/C49H32N4/c1-4-15-33(16-5-1)37-29-30-45-43(32-37)41-25-10-11-28-44(41)53(45)39-24-12-23-38(31-39)40-26-13-21-34-22-14-27-42(46(34)40)49-51-47(35-17-6-2-7-18-35)50-48(52-49)36-19-8-3-9-20-36/h1-32H. The first kappa shape index (κ1) is 30.6. The Kier molecular flexibility index (Phi) is 7.43. The number of hydrogen-bond acceptors (Lipinski definition) is 3. The highest BCUT2D eigenvalue weighted by Gasteiger charge is 2.18. The molecule has 0 radical (unpaired) electrons. The van der Waals surface area contributed by atoms with E-state index in [1.807, 2.05) is 60.7 Å². The maximum absolute atomic E-state index is 5.11. The minimum atomic E-state index is 0.642. The Balaban J connectivity index is 1.16. The van der Waals surface area contributed by atoms with Gasteiger partial charge in [-0.05, 0) is 58.0 Å². The summed E-state index contributed by atoms with van der Waals surface area (Å²) in [5, 5.41) is 4.69. The Labute approximate surface area is 307 Å². The maximum atomic E-state index is 5.11. The fourth-order valence-corrected chi connectivity index (χ4v) is 7.57. The lowest BCUT2D eigenvalue weighted by molar-refractivity contribution is 1.08. The summed E-state index contributed by atoms with van der Waals surface area (Å²) in [6.45, 7) is 0. The first-order chi connectivity index (χ1) is 26.3. The average Bonchev–Trinajstić information content (AvgIpc) is 3.58. The van der Waals surface area contributed by atoms with Gasteiger partial charge in [-0.25, -0.2) is 15.0 Å². The third-order valence-electron chi connectivity index (χ3n) is 10.0. The summed E-state index contributed by atoms with van der Waals surface area (Å²) >= 11 is 0. The van der Waals surface area contributed by atoms with Gasteiger partial charge in [0.05, 0.1) is 11.0 Å². The van der Waals surface area contributed by atoms with Crippen LogP contribution >= 0.6 is 0 Å². The van der Waals surface area contributed by atoms with Crippen molar-refractivity contribution in [1.29, 1.82) is 0 Å². The second-order valence-electron chi connectivity index (χ2n) is 13.2. The minimum Gasteiger partial charge on any atom is -0.309 e. The molecule has 0 saturated heterocycles. The topological polar surface area (TPSA) is 43.6 Å². The lowest BCUT2D eigenvalue weighted by Crippen LogP contribution is -2.01. The van der Waals surface area contributed by atoms with Crippen molar-refractivity contribution in [3.63, 3.8) is 0 Å². The lowest BCUT2D eigenvalue weighted by Gasteiger charge is -2.15. The fraction of sp³-hybridized carbons (Fsp3) is 0. The van der Waals surface area contributed by atoms with E-state index in [-0.39, 0.29) is 0 Å². The smallest absolute Gasteiger partial charge is 0.164 e. The van der Waals surface area contributed by atoms with Crippen molar-refractivity contribution in [1.82, 2.24) is 19.5 Å². The van der Waals surface area contributed by atoms with E-state index in [1.165, 1.54) is 32.9 Å². The number of aromatic nitrogens is 4. The van der Waals surface area contributed by atoms with Crippen LogP contribution in [-0.4, -0.2) is 19.5 Å². The number of benzene rings is 8. The van der Waals surface area contributed by atoms with Gasteiger partial charge in [0.1, 0.15) is 0 Å². The van der Waals surface area contributed by atoms with Gasteiger partial charge >= 0.3 is 0 Å². The van der Waals surface area contributed by atoms with Crippen molar-refractivity contribution in [2.75, 3.05) is 0 Å². The van der Waals surface area contributed by atoms with Crippen LogP contribution < -0.4 is 0 Å². The molecule has 0 aliphatic rings. The second-order valence-corrected chi connectivity index (χ2v) is 13.2. The van der Waals surface area contributed by atoms with E-state index >= 15 is 0 Å². The summed E-state index contributed by atoms with van der Waals surface area (Å²) in [7, 11) is 0. The molecular weight excluding hydrogens is 645 g/mol. The lowest BCUT2D eigenvalue weighted by atomic mass is 9.94. The van der Waals surface area contributed by atoms with Crippen LogP contribution in [0.5, 0.6) is 0 Å². The molecule has 0 bridgehead atoms. The van der Waals surface area contributed by atoms with Gasteiger partial charge < -0.3 is 4.57 Å². The fourth-order valence-electron chi connectivity index (χ4n) is 7.57. The van der Waals surface area contributed by atoms with Crippen LogP contribution in [0.1, 0.15) is 0 Å². The molecule has 2 aromatic heterocycles. The summed E-state index contributed by atoms with van der Waals surface area (Å²) in [6.07, 6.45) is 0. The highest BCUT2D eigenvalue weighted by atomic mass is 15.0. The summed E-state index contributed by atoms with van der Waals surface area (Å²) in [5.74, 6) is 1.93. The molecule has 0 atom stereocenters. The highest BCUT2D eigenvalue weighted by molar-refractivity contribution is 6.11. The van der Waals surface area contributed by atoms with Gasteiger partial charge in [-0.1, -0.05) is 164 Å². The molecule has 0 unspecified atom stereocenters. The van der Waals surface area contributed by atoms with Crippen LogP contribution in [0.15, 0.2) is 194 Å². The third kappa shape index (κ3) is 5.45. The number of rotatable bonds is 6. The Morgan fingerprint density at radius 3 is 1.57 bits per heavy atom. The molecule has 0 N–H and O–H groups in total. The zero-order valence-electron chi connectivity index (χ0n) is 28.8. The average molecular weight is 677 g/mol. The SMILES string of the molecule is c1ccc(-c2ccc3c(c2)c2ccccc2n3-c2cccc(-c3cccc4cccc(-c5nc(-c6ccccc6)nc(-c6ccccc6)n5)c34)c2)cc1. The molecule has 0 aliphatic heterocycles. The molecule has 0 amide bonds. The van der Waals surface area contributed by atoms with Crippen LogP contribution in [-0.2, 0) is 0 Å². The van der Waals surface area contributed by atoms with Crippen LogP contribution in [0.25, 0.3) is 94.7 Å². The van der Waals surface area contributed by atoms with Crippen molar-refractivity contribution >= 4 is 32.6 Å². The second kappa shape index (κ2) is 12.9. The molecule has 2 heterocycles. The number of hydrogen-bond donors (Lipinski definition) is 0. The summed E-state index contributed by atoms with van der Waals surface area (Å²) in [4.78, 5) is 15.2. The van der Waals surface area contributed by atoms with E-state index in [0.717, 1.165) is 44.3 Å². The predicted molar refractivity (Wildman–Crippen MR) is 219 cm³/mol. The number of para-hydroxylation sites is 1. The van der Waals surface area contributed by atoms with E-state index in [2.05, 4.69) is 138 Å². The van der Waals surface area contributed by atoms with Crippen LogP contribution in [0.4, 0.5) is 0 Å². The number of nitrogens with zero attached hydrogens (tertiary/aromatic N) is 4. The predicted octanol–water partition coefficient (Wildman–Crippen LogP) is 12.5. The maximum Gasteiger partial charge on any atom is 0.164 e. The molecule has 0 spiro atoms.